The fraction of sp³-hybridized carbons (Fsp3) is 0.778. The summed E-state index contributed by atoms with van der Waals surface area (Å²) in [7, 11) is -4.75. The molecule has 0 radical (unpaired) electrons. The van der Waals surface area contributed by atoms with Crippen LogP contribution in [0.1, 0.15) is 25.7 Å². The van der Waals surface area contributed by atoms with Gasteiger partial charge in [-0.2, -0.15) is 0 Å². The van der Waals surface area contributed by atoms with Crippen molar-refractivity contribution in [1.82, 2.24) is 0 Å². The molecule has 0 saturated carbocycles. The Hall–Kier alpha value is 0.0475. The Morgan fingerprint density at radius 3 is 1.03 bits per heavy atom. The van der Waals surface area contributed by atoms with E-state index in [9.17, 15) is 5.11 Å². The van der Waals surface area contributed by atoms with E-state index in [4.69, 9.17) is 0 Å². The van der Waals surface area contributed by atoms with Gasteiger partial charge in [-0.3, -0.25) is 0 Å². The molecule has 0 unspecified atom stereocenters. The van der Waals surface area contributed by atoms with Gasteiger partial charge < -0.3 is 5.11 Å². The molecular weight excluding hydrogens is 453 g/mol. The highest BCUT2D eigenvalue weighted by Crippen LogP contribution is 2.37. The molecule has 1 N–H and O–H groups in total. The summed E-state index contributed by atoms with van der Waals surface area (Å²) in [6, 6.07) is 13.9. The summed E-state index contributed by atoms with van der Waals surface area (Å²) in [5, 5.41) is 9.71. The van der Waals surface area contributed by atoms with Gasteiger partial charge in [0, 0.05) is 6.61 Å². The van der Waals surface area contributed by atoms with Gasteiger partial charge in [-0.1, -0.05) is 119 Å². The van der Waals surface area contributed by atoms with Gasteiger partial charge in [0.25, 0.3) is 0 Å². The van der Waals surface area contributed by atoms with Crippen molar-refractivity contribution >= 4 is 32.3 Å². The zero-order chi connectivity index (χ0) is 24.7. The first-order valence-corrected chi connectivity index (χ1v) is 26.4. The summed E-state index contributed by atoms with van der Waals surface area (Å²) in [6.07, 6.45) is 11.8. The summed E-state index contributed by atoms with van der Waals surface area (Å²) in [5.74, 6) is 0. The summed E-state index contributed by atoms with van der Waals surface area (Å²) in [4.78, 5) is 0. The van der Waals surface area contributed by atoms with Crippen LogP contribution in [0.4, 0.5) is 0 Å². The van der Waals surface area contributed by atoms with Crippen molar-refractivity contribution in [1.29, 1.82) is 0 Å². The van der Waals surface area contributed by atoms with Crippen molar-refractivity contribution in [2.45, 2.75) is 125 Å². The monoisotopic (exact) mass is 510 g/mol. The average molecular weight is 511 g/mol. The maximum absolute atomic E-state index is 9.71. The van der Waals surface area contributed by atoms with Crippen LogP contribution in [0.3, 0.4) is 0 Å². The van der Waals surface area contributed by atoms with E-state index in [1.165, 1.54) is 79.7 Å². The molecule has 0 bridgehead atoms. The van der Waals surface area contributed by atoms with Crippen molar-refractivity contribution in [3.05, 3.63) is 38.0 Å². The standard InChI is InChI=1S/C27H58OSi4/c1-10-18-29(4,5)21-14-25-32(24-13-17-28,26-15-22-30(6,7)19-11-2)27-16-23-31(8,9)20-12-3/h10-12,28H,1-3,13-27H2,4-9H3. The third kappa shape index (κ3) is 15.0. The first-order valence-electron chi connectivity index (χ1n) is 13.3. The second-order valence-electron chi connectivity index (χ2n) is 12.9. The molecule has 0 aliphatic rings. The first kappa shape index (κ1) is 32.0. The highest BCUT2D eigenvalue weighted by Gasteiger charge is 2.33. The Bertz CT molecular complexity index is 470. The van der Waals surface area contributed by atoms with E-state index in [0.717, 1.165) is 6.42 Å². The highest BCUT2D eigenvalue weighted by atomic mass is 28.3. The molecular formula is C27H58OSi4. The Balaban J connectivity index is 5.33. The second kappa shape index (κ2) is 15.9. The quantitative estimate of drug-likeness (QED) is 0.120. The van der Waals surface area contributed by atoms with E-state index in [0.29, 0.717) is 6.61 Å². The summed E-state index contributed by atoms with van der Waals surface area (Å²) in [6.45, 7) is 27.6. The molecule has 0 rings (SSSR count). The second-order valence-corrected chi connectivity index (χ2v) is 33.6. The van der Waals surface area contributed by atoms with Crippen molar-refractivity contribution < 1.29 is 5.11 Å². The third-order valence-corrected chi connectivity index (χ3v) is 22.6. The van der Waals surface area contributed by atoms with Crippen LogP contribution in [-0.2, 0) is 0 Å². The Kier molecular flexibility index (Phi) is 15.9. The summed E-state index contributed by atoms with van der Waals surface area (Å²) >= 11 is 0. The summed E-state index contributed by atoms with van der Waals surface area (Å²) < 4.78 is 0. The minimum absolute atomic E-state index is 0.374. The van der Waals surface area contributed by atoms with Crippen LogP contribution in [0.25, 0.3) is 0 Å². The molecule has 188 valence electrons. The Morgan fingerprint density at radius 1 is 0.500 bits per heavy atom. The molecule has 1 nitrogen and oxygen atoms in total. The predicted molar refractivity (Wildman–Crippen MR) is 162 cm³/mol. The molecule has 0 amide bonds. The van der Waals surface area contributed by atoms with E-state index in [1.807, 2.05) is 0 Å². The molecule has 0 aromatic rings. The van der Waals surface area contributed by atoms with Crippen LogP contribution < -0.4 is 0 Å². The average Bonchev–Trinajstić information content (AvgIpc) is 2.65. The van der Waals surface area contributed by atoms with E-state index >= 15 is 0 Å². The molecule has 0 heterocycles. The van der Waals surface area contributed by atoms with Gasteiger partial charge in [-0.15, -0.1) is 19.7 Å². The molecule has 0 fully saturated rings. The van der Waals surface area contributed by atoms with Gasteiger partial charge in [-0.05, 0) is 24.6 Å². The molecule has 0 saturated heterocycles. The molecule has 0 spiro atoms. The Morgan fingerprint density at radius 2 is 0.781 bits per heavy atom. The van der Waals surface area contributed by atoms with E-state index < -0.39 is 32.3 Å². The lowest BCUT2D eigenvalue weighted by atomic mass is 10.5. The number of rotatable bonds is 21. The van der Waals surface area contributed by atoms with Crippen molar-refractivity contribution in [3.63, 3.8) is 0 Å². The van der Waals surface area contributed by atoms with Gasteiger partial charge in [0.1, 0.15) is 0 Å². The number of hydrogen-bond acceptors (Lipinski definition) is 1. The molecule has 0 aliphatic heterocycles. The smallest absolute Gasteiger partial charge is 0.0536 e. The van der Waals surface area contributed by atoms with Crippen LogP contribution in [0.15, 0.2) is 38.0 Å². The number of aliphatic hydroxyl groups excluding tert-OH is 1. The minimum Gasteiger partial charge on any atom is -0.396 e. The van der Waals surface area contributed by atoms with Crippen molar-refractivity contribution in [2.75, 3.05) is 6.61 Å². The van der Waals surface area contributed by atoms with E-state index in [1.54, 1.807) is 0 Å². The summed E-state index contributed by atoms with van der Waals surface area (Å²) in [5.41, 5.74) is 0. The van der Waals surface area contributed by atoms with Crippen LogP contribution in [0, 0.1) is 0 Å². The zero-order valence-electron chi connectivity index (χ0n) is 22.9. The largest absolute Gasteiger partial charge is 0.396 e. The predicted octanol–water partition coefficient (Wildman–Crippen LogP) is 9.67. The number of hydrogen-bond donors (Lipinski definition) is 1. The topological polar surface area (TPSA) is 20.2 Å². The fourth-order valence-corrected chi connectivity index (χ4v) is 18.1. The van der Waals surface area contributed by atoms with Crippen LogP contribution in [-0.4, -0.2) is 44.0 Å². The maximum atomic E-state index is 9.71. The van der Waals surface area contributed by atoms with Gasteiger partial charge in [0.05, 0.1) is 32.3 Å². The fourth-order valence-electron chi connectivity index (χ4n) is 5.51. The van der Waals surface area contributed by atoms with Gasteiger partial charge in [-0.25, -0.2) is 0 Å². The van der Waals surface area contributed by atoms with E-state index in [2.05, 4.69) is 77.2 Å². The number of allylic oxidation sites excluding steroid dienone is 3. The van der Waals surface area contributed by atoms with Crippen molar-refractivity contribution in [3.8, 4) is 0 Å². The molecule has 0 aliphatic carbocycles. The third-order valence-electron chi connectivity index (χ3n) is 7.64. The van der Waals surface area contributed by atoms with E-state index in [-0.39, 0.29) is 0 Å². The SMILES string of the molecule is C=CC[Si](C)(C)CCC[Si](CCCO)(CCC[Si](C)(C)CC=C)CCC[Si](C)(C)CC=C. The van der Waals surface area contributed by atoms with Crippen LogP contribution in [0.2, 0.25) is 99.7 Å². The highest BCUT2D eigenvalue weighted by molar-refractivity contribution is 6.82. The number of aliphatic hydroxyl groups is 1. The molecule has 0 aromatic carbocycles. The van der Waals surface area contributed by atoms with Crippen molar-refractivity contribution in [2.24, 2.45) is 0 Å². The maximum Gasteiger partial charge on any atom is 0.0536 e. The van der Waals surface area contributed by atoms with Gasteiger partial charge >= 0.3 is 0 Å². The first-order chi connectivity index (χ1) is 14.9. The van der Waals surface area contributed by atoms with Gasteiger partial charge in [0.15, 0.2) is 0 Å². The lowest BCUT2D eigenvalue weighted by Crippen LogP contribution is -2.37. The molecule has 32 heavy (non-hydrogen) atoms. The molecule has 0 atom stereocenters. The van der Waals surface area contributed by atoms with Crippen LogP contribution >= 0.6 is 0 Å². The molecule has 5 heteroatoms. The lowest BCUT2D eigenvalue weighted by molar-refractivity contribution is 0.294. The van der Waals surface area contributed by atoms with Gasteiger partial charge in [0.2, 0.25) is 0 Å². The minimum atomic E-state index is -1.36. The Labute approximate surface area is 206 Å². The lowest BCUT2D eigenvalue weighted by Gasteiger charge is -2.35. The van der Waals surface area contributed by atoms with Crippen LogP contribution in [0.5, 0.6) is 0 Å². The zero-order valence-corrected chi connectivity index (χ0v) is 26.9. The normalized spacial score (nSPS) is 13.2. The molecule has 0 aromatic heterocycles.